The summed E-state index contributed by atoms with van der Waals surface area (Å²) in [5.74, 6) is 0.834. The van der Waals surface area contributed by atoms with Gasteiger partial charge in [-0.15, -0.1) is 11.3 Å². The molecule has 0 saturated heterocycles. The number of rotatable bonds is 11. The van der Waals surface area contributed by atoms with Crippen molar-refractivity contribution in [3.63, 3.8) is 0 Å². The van der Waals surface area contributed by atoms with Gasteiger partial charge in [-0.25, -0.2) is 4.98 Å². The normalized spacial score (nSPS) is 11.0. The number of ether oxygens (including phenoxy) is 2. The summed E-state index contributed by atoms with van der Waals surface area (Å²) in [6.45, 7) is 3.23. The lowest BCUT2D eigenvalue weighted by Gasteiger charge is -2.13. The summed E-state index contributed by atoms with van der Waals surface area (Å²) in [4.78, 5) is 15.3. The van der Waals surface area contributed by atoms with Crippen molar-refractivity contribution in [2.75, 3.05) is 13.2 Å². The van der Waals surface area contributed by atoms with Crippen molar-refractivity contribution in [1.82, 2.24) is 9.55 Å². The van der Waals surface area contributed by atoms with Gasteiger partial charge in [-0.3, -0.25) is 4.79 Å². The van der Waals surface area contributed by atoms with Gasteiger partial charge in [-0.1, -0.05) is 13.3 Å². The molecule has 4 rings (SSSR count). The second-order valence-corrected chi connectivity index (χ2v) is 8.41. The maximum absolute atomic E-state index is 11.0. The molecule has 0 aliphatic carbocycles. The molecule has 0 bridgehead atoms. The number of fused-ring (bicyclic) bond motifs is 1. The molecular weight excluding hydrogens is 424 g/mol. The first-order valence-corrected chi connectivity index (χ1v) is 11.6. The number of aromatic nitrogens is 2. The van der Waals surface area contributed by atoms with Crippen LogP contribution in [0, 0.1) is 0 Å². The van der Waals surface area contributed by atoms with E-state index < -0.39 is 5.97 Å². The predicted molar refractivity (Wildman–Crippen MR) is 127 cm³/mol. The van der Waals surface area contributed by atoms with Gasteiger partial charge < -0.3 is 19.1 Å². The van der Waals surface area contributed by atoms with Crippen molar-refractivity contribution in [2.45, 2.75) is 32.7 Å². The molecule has 6 nitrogen and oxygen atoms in total. The average molecular weight is 451 g/mol. The Bertz CT molecular complexity index is 1180. The third-order valence-corrected chi connectivity index (χ3v) is 5.94. The van der Waals surface area contributed by atoms with Gasteiger partial charge in [0.2, 0.25) is 0 Å². The Morgan fingerprint density at radius 3 is 2.78 bits per heavy atom. The molecule has 2 aromatic carbocycles. The molecule has 0 unspecified atom stereocenters. The topological polar surface area (TPSA) is 73.6 Å². The van der Waals surface area contributed by atoms with Gasteiger partial charge in [0, 0.05) is 40.7 Å². The zero-order valence-corrected chi connectivity index (χ0v) is 18.8. The molecular formula is C25H26N2O4S. The summed E-state index contributed by atoms with van der Waals surface area (Å²) in [6.07, 6.45) is 6.39. The molecule has 0 amide bonds. The van der Waals surface area contributed by atoms with Crippen molar-refractivity contribution in [2.24, 2.45) is 0 Å². The lowest BCUT2D eigenvalue weighted by atomic mass is 10.1. The van der Waals surface area contributed by atoms with Crippen LogP contribution in [-0.2, 0) is 17.8 Å². The van der Waals surface area contributed by atoms with E-state index in [1.165, 1.54) is 5.56 Å². The van der Waals surface area contributed by atoms with Gasteiger partial charge in [0.05, 0.1) is 13.2 Å². The number of nitrogens with zero attached hydrogens (tertiary/aromatic N) is 2. The highest BCUT2D eigenvalue weighted by Gasteiger charge is 2.09. The molecule has 0 atom stereocenters. The van der Waals surface area contributed by atoms with Gasteiger partial charge in [0.15, 0.2) is 0 Å². The molecule has 166 valence electrons. The summed E-state index contributed by atoms with van der Waals surface area (Å²) in [6, 6.07) is 13.9. The van der Waals surface area contributed by atoms with Crippen molar-refractivity contribution >= 4 is 28.2 Å². The second-order valence-electron chi connectivity index (χ2n) is 7.52. The van der Waals surface area contributed by atoms with Crippen LogP contribution in [0.15, 0.2) is 60.2 Å². The van der Waals surface area contributed by atoms with Crippen molar-refractivity contribution in [3.8, 4) is 22.1 Å². The number of carbonyl (C=O) groups is 1. The quantitative estimate of drug-likeness (QED) is 0.299. The Balaban J connectivity index is 1.30. The largest absolute Gasteiger partial charge is 0.493 e. The summed E-state index contributed by atoms with van der Waals surface area (Å²) < 4.78 is 13.6. The van der Waals surface area contributed by atoms with Crippen molar-refractivity contribution < 1.29 is 19.4 Å². The monoisotopic (exact) mass is 450 g/mol. The molecule has 2 aromatic heterocycles. The third kappa shape index (κ3) is 5.29. The third-order valence-electron chi connectivity index (χ3n) is 5.12. The highest BCUT2D eigenvalue weighted by molar-refractivity contribution is 7.13. The Kier molecular flexibility index (Phi) is 7.07. The molecule has 2 heterocycles. The van der Waals surface area contributed by atoms with Crippen LogP contribution in [0.5, 0.6) is 11.5 Å². The fraction of sp³-hybridized carbons (Fsp3) is 0.280. The van der Waals surface area contributed by atoms with E-state index in [1.807, 2.05) is 41.9 Å². The Hall–Kier alpha value is -3.32. The minimum Gasteiger partial charge on any atom is -0.493 e. The number of hydrogen-bond acceptors (Lipinski definition) is 5. The van der Waals surface area contributed by atoms with Crippen LogP contribution in [-0.4, -0.2) is 33.8 Å². The van der Waals surface area contributed by atoms with E-state index in [2.05, 4.69) is 24.0 Å². The van der Waals surface area contributed by atoms with Crippen LogP contribution in [0.2, 0.25) is 0 Å². The van der Waals surface area contributed by atoms with E-state index in [-0.39, 0.29) is 6.54 Å². The van der Waals surface area contributed by atoms with Gasteiger partial charge in [-0.2, -0.15) is 0 Å². The molecule has 32 heavy (non-hydrogen) atoms. The van der Waals surface area contributed by atoms with Crippen LogP contribution < -0.4 is 9.47 Å². The molecule has 0 radical (unpaired) electrons. The summed E-state index contributed by atoms with van der Waals surface area (Å²) >= 11 is 1.64. The molecule has 0 aliphatic rings. The summed E-state index contributed by atoms with van der Waals surface area (Å²) in [7, 11) is 0. The highest BCUT2D eigenvalue weighted by atomic mass is 32.1. The molecule has 0 aliphatic heterocycles. The number of carboxylic acid groups (broad SMARTS) is 1. The van der Waals surface area contributed by atoms with E-state index in [1.54, 1.807) is 22.1 Å². The Labute approximate surface area is 191 Å². The molecule has 1 N–H and O–H groups in total. The van der Waals surface area contributed by atoms with Gasteiger partial charge >= 0.3 is 5.97 Å². The van der Waals surface area contributed by atoms with E-state index in [0.717, 1.165) is 52.2 Å². The smallest absolute Gasteiger partial charge is 0.323 e. The van der Waals surface area contributed by atoms with Crippen LogP contribution in [0.4, 0.5) is 0 Å². The molecule has 0 fully saturated rings. The lowest BCUT2D eigenvalue weighted by molar-refractivity contribution is -0.137. The molecule has 0 saturated carbocycles. The zero-order chi connectivity index (χ0) is 22.3. The highest BCUT2D eigenvalue weighted by Crippen LogP contribution is 2.29. The van der Waals surface area contributed by atoms with Crippen LogP contribution in [0.3, 0.4) is 0 Å². The standard InChI is InChI=1S/C25H26N2O4S/c1-2-4-19-15-20(25-26-10-14-32-25)5-8-23(19)31-13-3-12-30-21-6-7-22-18(16-21)9-11-27(22)17-24(28)29/h5-11,14-16H,2-4,12-13,17H2,1H3,(H,28,29). The van der Waals surface area contributed by atoms with E-state index >= 15 is 0 Å². The second kappa shape index (κ2) is 10.3. The number of carboxylic acids is 1. The summed E-state index contributed by atoms with van der Waals surface area (Å²) in [5, 5.41) is 13.0. The first-order valence-electron chi connectivity index (χ1n) is 10.7. The zero-order valence-electron chi connectivity index (χ0n) is 18.0. The predicted octanol–water partition coefficient (Wildman–Crippen LogP) is 5.65. The number of benzene rings is 2. The fourth-order valence-electron chi connectivity index (χ4n) is 3.67. The minimum atomic E-state index is -0.859. The first kappa shape index (κ1) is 21.9. The van der Waals surface area contributed by atoms with Crippen LogP contribution in [0.25, 0.3) is 21.5 Å². The Morgan fingerprint density at radius 1 is 1.12 bits per heavy atom. The van der Waals surface area contributed by atoms with E-state index in [9.17, 15) is 4.79 Å². The van der Waals surface area contributed by atoms with Gasteiger partial charge in [0.25, 0.3) is 0 Å². The fourth-order valence-corrected chi connectivity index (χ4v) is 4.30. The SMILES string of the molecule is CCCc1cc(-c2nccs2)ccc1OCCCOc1ccc2c(ccn2CC(=O)O)c1. The number of aliphatic carboxylic acids is 1. The number of aryl methyl sites for hydroxylation is 1. The average Bonchev–Trinajstić information content (AvgIpc) is 3.45. The van der Waals surface area contributed by atoms with Crippen molar-refractivity contribution in [1.29, 1.82) is 0 Å². The van der Waals surface area contributed by atoms with E-state index in [0.29, 0.717) is 13.2 Å². The maximum Gasteiger partial charge on any atom is 0.323 e. The molecule has 7 heteroatoms. The number of hydrogen-bond donors (Lipinski definition) is 1. The Morgan fingerprint density at radius 2 is 2.00 bits per heavy atom. The van der Waals surface area contributed by atoms with Gasteiger partial charge in [0.1, 0.15) is 23.1 Å². The first-order chi connectivity index (χ1) is 15.6. The molecule has 4 aromatic rings. The van der Waals surface area contributed by atoms with E-state index in [4.69, 9.17) is 14.6 Å². The summed E-state index contributed by atoms with van der Waals surface area (Å²) in [5.41, 5.74) is 3.22. The maximum atomic E-state index is 11.0. The van der Waals surface area contributed by atoms with Crippen LogP contribution in [0.1, 0.15) is 25.3 Å². The lowest BCUT2D eigenvalue weighted by Crippen LogP contribution is -2.07. The van der Waals surface area contributed by atoms with Crippen molar-refractivity contribution in [3.05, 3.63) is 65.8 Å². The number of thiazole rings is 1. The minimum absolute atomic E-state index is 0.0497. The van der Waals surface area contributed by atoms with Gasteiger partial charge in [-0.05, 0) is 54.4 Å². The molecule has 0 spiro atoms. The van der Waals surface area contributed by atoms with Crippen LogP contribution >= 0.6 is 11.3 Å².